The molecule has 4 heteroatoms. The van der Waals surface area contributed by atoms with Crippen LogP contribution in [0.1, 0.15) is 38.2 Å². The number of esters is 1. The predicted molar refractivity (Wildman–Crippen MR) is 87.4 cm³/mol. The summed E-state index contributed by atoms with van der Waals surface area (Å²) in [7, 11) is 0. The molecule has 0 heterocycles. The predicted octanol–water partition coefficient (Wildman–Crippen LogP) is 4.14. The van der Waals surface area contributed by atoms with E-state index < -0.39 is 0 Å². The number of rotatable bonds is 7. The first kappa shape index (κ1) is 16.0. The molecule has 0 spiro atoms. The summed E-state index contributed by atoms with van der Waals surface area (Å²) in [5.41, 5.74) is 1.56. The van der Waals surface area contributed by atoms with Gasteiger partial charge >= 0.3 is 5.97 Å². The molecule has 1 N–H and O–H groups in total. The molecule has 4 nitrogen and oxygen atoms in total. The zero-order valence-electron chi connectivity index (χ0n) is 12.8. The van der Waals surface area contributed by atoms with Gasteiger partial charge in [-0.25, -0.2) is 0 Å². The third-order valence-electron chi connectivity index (χ3n) is 3.55. The Morgan fingerprint density at radius 2 is 1.82 bits per heavy atom. The first-order chi connectivity index (χ1) is 10.7. The number of carbonyl (C=O) groups is 1. The Kier molecular flexibility index (Phi) is 5.95. The SMILES string of the molecule is CCOC(=O)CCCCC(=NO)c1ccc2ccccc2c1. The summed E-state index contributed by atoms with van der Waals surface area (Å²) in [5, 5.41) is 14.9. The normalized spacial score (nSPS) is 11.6. The number of hydrogen-bond donors (Lipinski definition) is 1. The molecule has 0 saturated carbocycles. The van der Waals surface area contributed by atoms with Crippen molar-refractivity contribution in [3.63, 3.8) is 0 Å². The molecule has 2 rings (SSSR count). The summed E-state index contributed by atoms with van der Waals surface area (Å²) in [6.07, 6.45) is 2.55. The molecule has 0 bridgehead atoms. The van der Waals surface area contributed by atoms with Crippen molar-refractivity contribution >= 4 is 22.5 Å². The molecule has 0 aliphatic carbocycles. The molecule has 0 unspecified atom stereocenters. The fraction of sp³-hybridized carbons (Fsp3) is 0.333. The Labute approximate surface area is 130 Å². The van der Waals surface area contributed by atoms with Gasteiger partial charge in [-0.15, -0.1) is 0 Å². The maximum absolute atomic E-state index is 11.3. The lowest BCUT2D eigenvalue weighted by molar-refractivity contribution is -0.143. The summed E-state index contributed by atoms with van der Waals surface area (Å²) in [5.74, 6) is -0.171. The van der Waals surface area contributed by atoms with Crippen molar-refractivity contribution in [2.45, 2.75) is 32.6 Å². The van der Waals surface area contributed by atoms with Crippen molar-refractivity contribution in [1.82, 2.24) is 0 Å². The van der Waals surface area contributed by atoms with E-state index in [1.54, 1.807) is 6.92 Å². The Morgan fingerprint density at radius 3 is 2.55 bits per heavy atom. The maximum Gasteiger partial charge on any atom is 0.305 e. The average molecular weight is 299 g/mol. The van der Waals surface area contributed by atoms with Gasteiger partial charge in [0.1, 0.15) is 0 Å². The van der Waals surface area contributed by atoms with Crippen LogP contribution in [-0.4, -0.2) is 23.5 Å². The average Bonchev–Trinajstić information content (AvgIpc) is 2.55. The van der Waals surface area contributed by atoms with Crippen LogP contribution in [0.2, 0.25) is 0 Å². The third kappa shape index (κ3) is 4.32. The fourth-order valence-corrected chi connectivity index (χ4v) is 2.42. The summed E-state index contributed by atoms with van der Waals surface area (Å²) in [6.45, 7) is 2.22. The highest BCUT2D eigenvalue weighted by Crippen LogP contribution is 2.18. The number of oxime groups is 1. The topological polar surface area (TPSA) is 58.9 Å². The number of hydrogen-bond acceptors (Lipinski definition) is 4. The number of carbonyl (C=O) groups excluding carboxylic acids is 1. The Bertz CT molecular complexity index is 664. The van der Waals surface area contributed by atoms with Crippen molar-refractivity contribution in [2.75, 3.05) is 6.61 Å². The highest BCUT2D eigenvalue weighted by molar-refractivity contribution is 6.03. The minimum absolute atomic E-state index is 0.171. The zero-order chi connectivity index (χ0) is 15.8. The second-order valence-corrected chi connectivity index (χ2v) is 5.12. The van der Waals surface area contributed by atoms with Gasteiger partial charge in [0.2, 0.25) is 0 Å². The van der Waals surface area contributed by atoms with Crippen LogP contribution in [0.4, 0.5) is 0 Å². The molecule has 22 heavy (non-hydrogen) atoms. The fourth-order valence-electron chi connectivity index (χ4n) is 2.42. The van der Waals surface area contributed by atoms with Crippen LogP contribution in [0.3, 0.4) is 0 Å². The highest BCUT2D eigenvalue weighted by Gasteiger charge is 2.07. The monoisotopic (exact) mass is 299 g/mol. The number of fused-ring (bicyclic) bond motifs is 1. The first-order valence-electron chi connectivity index (χ1n) is 7.60. The summed E-state index contributed by atoms with van der Waals surface area (Å²) >= 11 is 0. The van der Waals surface area contributed by atoms with Gasteiger partial charge in [-0.2, -0.15) is 0 Å². The molecule has 0 radical (unpaired) electrons. The lowest BCUT2D eigenvalue weighted by Gasteiger charge is -2.06. The molecule has 0 amide bonds. The van der Waals surface area contributed by atoms with Crippen molar-refractivity contribution in [1.29, 1.82) is 0 Å². The van der Waals surface area contributed by atoms with Gasteiger partial charge in [0, 0.05) is 6.42 Å². The molecule has 0 aliphatic heterocycles. The van der Waals surface area contributed by atoms with E-state index >= 15 is 0 Å². The van der Waals surface area contributed by atoms with Crippen LogP contribution in [0.15, 0.2) is 47.6 Å². The molecule has 0 fully saturated rings. The zero-order valence-corrected chi connectivity index (χ0v) is 12.8. The highest BCUT2D eigenvalue weighted by atomic mass is 16.5. The van der Waals surface area contributed by atoms with Gasteiger partial charge < -0.3 is 9.94 Å². The smallest absolute Gasteiger partial charge is 0.305 e. The summed E-state index contributed by atoms with van der Waals surface area (Å²) in [6, 6.07) is 14.1. The van der Waals surface area contributed by atoms with Crippen LogP contribution in [-0.2, 0) is 9.53 Å². The van der Waals surface area contributed by atoms with Crippen molar-refractivity contribution in [3.05, 3.63) is 48.0 Å². The standard InChI is InChI=1S/C18H21NO3/c1-2-22-18(20)10-6-5-9-17(19-21)16-12-11-14-7-3-4-8-15(14)13-16/h3-4,7-8,11-13,21H,2,5-6,9-10H2,1H3. The number of ether oxygens (including phenoxy) is 1. The minimum Gasteiger partial charge on any atom is -0.466 e. The van der Waals surface area contributed by atoms with Gasteiger partial charge in [0.25, 0.3) is 0 Å². The van der Waals surface area contributed by atoms with Crippen LogP contribution in [0.25, 0.3) is 10.8 Å². The largest absolute Gasteiger partial charge is 0.466 e. The van der Waals surface area contributed by atoms with Gasteiger partial charge in [0.15, 0.2) is 0 Å². The van der Waals surface area contributed by atoms with E-state index in [1.807, 2.05) is 42.5 Å². The molecule has 2 aromatic carbocycles. The summed E-state index contributed by atoms with van der Waals surface area (Å²) < 4.78 is 4.89. The molecule has 0 aromatic heterocycles. The Morgan fingerprint density at radius 1 is 1.09 bits per heavy atom. The second kappa shape index (κ2) is 8.17. The van der Waals surface area contributed by atoms with E-state index in [9.17, 15) is 10.0 Å². The first-order valence-corrected chi connectivity index (χ1v) is 7.60. The van der Waals surface area contributed by atoms with Crippen molar-refractivity contribution in [3.8, 4) is 0 Å². The van der Waals surface area contributed by atoms with E-state index in [4.69, 9.17) is 4.74 Å². The van der Waals surface area contributed by atoms with Crippen LogP contribution in [0, 0.1) is 0 Å². The van der Waals surface area contributed by atoms with Crippen LogP contribution >= 0.6 is 0 Å². The molecule has 2 aromatic rings. The van der Waals surface area contributed by atoms with E-state index in [0.717, 1.165) is 29.2 Å². The van der Waals surface area contributed by atoms with Crippen molar-refractivity contribution < 1.29 is 14.7 Å². The molecular weight excluding hydrogens is 278 g/mol. The number of benzene rings is 2. The number of nitrogens with zero attached hydrogens (tertiary/aromatic N) is 1. The van der Waals surface area contributed by atoms with Crippen LogP contribution in [0.5, 0.6) is 0 Å². The lowest BCUT2D eigenvalue weighted by Crippen LogP contribution is -2.05. The maximum atomic E-state index is 11.3. The second-order valence-electron chi connectivity index (χ2n) is 5.12. The van der Waals surface area contributed by atoms with Gasteiger partial charge in [-0.05, 0) is 48.6 Å². The number of unbranched alkanes of at least 4 members (excludes halogenated alkanes) is 1. The molecule has 0 aliphatic rings. The van der Waals surface area contributed by atoms with Gasteiger partial charge in [0.05, 0.1) is 12.3 Å². The molecular formula is C18H21NO3. The van der Waals surface area contributed by atoms with E-state index in [2.05, 4.69) is 5.16 Å². The van der Waals surface area contributed by atoms with Crippen LogP contribution < -0.4 is 0 Å². The van der Waals surface area contributed by atoms with E-state index in [1.165, 1.54) is 0 Å². The summed E-state index contributed by atoms with van der Waals surface area (Å²) in [4.78, 5) is 11.3. The Balaban J connectivity index is 1.94. The molecule has 0 saturated heterocycles. The quantitative estimate of drug-likeness (QED) is 0.275. The third-order valence-corrected chi connectivity index (χ3v) is 3.55. The molecule has 0 atom stereocenters. The minimum atomic E-state index is -0.171. The Hall–Kier alpha value is -2.36. The van der Waals surface area contributed by atoms with Gasteiger partial charge in [-0.3, -0.25) is 4.79 Å². The molecule has 116 valence electrons. The van der Waals surface area contributed by atoms with Gasteiger partial charge in [-0.1, -0.05) is 41.6 Å². The van der Waals surface area contributed by atoms with E-state index in [0.29, 0.717) is 25.2 Å². The van der Waals surface area contributed by atoms with Crippen molar-refractivity contribution in [2.24, 2.45) is 5.16 Å². The lowest BCUT2D eigenvalue weighted by atomic mass is 10.0. The van der Waals surface area contributed by atoms with E-state index in [-0.39, 0.29) is 5.97 Å².